The molecule has 2 heterocycles. The monoisotopic (exact) mass is 340 g/mol. The molecule has 2 atom stereocenters. The van der Waals surface area contributed by atoms with Crippen molar-refractivity contribution in [1.82, 2.24) is 19.9 Å². The lowest BCUT2D eigenvalue weighted by molar-refractivity contribution is 0.149. The molecule has 0 aliphatic carbocycles. The van der Waals surface area contributed by atoms with Crippen LogP contribution in [0.1, 0.15) is 37.9 Å². The highest BCUT2D eigenvalue weighted by Crippen LogP contribution is 2.18. The number of carbonyl (C=O) groups is 1. The Labute approximate surface area is 137 Å². The van der Waals surface area contributed by atoms with E-state index in [4.69, 9.17) is 0 Å². The molecule has 0 unspecified atom stereocenters. The number of hydrogen-bond acceptors (Lipinski definition) is 4. The highest BCUT2D eigenvalue weighted by molar-refractivity contribution is 7.88. The highest BCUT2D eigenvalue weighted by atomic mass is 32.2. The molecular formula is C15H24N4O3S. The first-order chi connectivity index (χ1) is 10.9. The van der Waals surface area contributed by atoms with E-state index in [0.29, 0.717) is 6.54 Å². The molecule has 1 aromatic rings. The molecular weight excluding hydrogens is 316 g/mol. The Kier molecular flexibility index (Phi) is 5.95. The fraction of sp³-hybridized carbons (Fsp3) is 0.600. The van der Waals surface area contributed by atoms with Crippen LogP contribution in [-0.2, 0) is 10.0 Å². The minimum atomic E-state index is -3.26. The summed E-state index contributed by atoms with van der Waals surface area (Å²) in [5.41, 5.74) is 0.795. The van der Waals surface area contributed by atoms with Crippen LogP contribution in [0.4, 0.5) is 4.79 Å². The van der Waals surface area contributed by atoms with Crippen LogP contribution >= 0.6 is 0 Å². The fourth-order valence-electron chi connectivity index (χ4n) is 2.70. The maximum Gasteiger partial charge on any atom is 0.318 e. The van der Waals surface area contributed by atoms with Crippen LogP contribution < -0.4 is 10.0 Å². The Bertz CT molecular complexity index is 621. The summed E-state index contributed by atoms with van der Waals surface area (Å²) in [6.07, 6.45) is 5.55. The summed E-state index contributed by atoms with van der Waals surface area (Å²) in [7, 11) is -3.26. The average Bonchev–Trinajstić information content (AvgIpc) is 2.53. The lowest BCUT2D eigenvalue weighted by Gasteiger charge is -2.36. The molecule has 7 nitrogen and oxygen atoms in total. The summed E-state index contributed by atoms with van der Waals surface area (Å²) in [5, 5.41) is 2.94. The number of hydrogen-bond donors (Lipinski definition) is 2. The minimum Gasteiger partial charge on any atom is -0.330 e. The standard InChI is InChI=1S/C15H24N4O3S/c1-12(14-8-3-5-9-16-14)18-15(20)19-10-6-4-7-13(19)11-17-23(2,21)22/h3,5,8-9,12-13,17H,4,6-7,10-11H2,1-2H3,(H,18,20)/t12-,13-/m0/s1. The van der Waals surface area contributed by atoms with Gasteiger partial charge in [0.25, 0.3) is 0 Å². The van der Waals surface area contributed by atoms with Gasteiger partial charge in [0.05, 0.1) is 18.0 Å². The number of aromatic nitrogens is 1. The summed E-state index contributed by atoms with van der Waals surface area (Å²) in [6, 6.07) is 5.08. The van der Waals surface area contributed by atoms with E-state index in [1.54, 1.807) is 11.1 Å². The van der Waals surface area contributed by atoms with Crippen LogP contribution in [-0.4, -0.2) is 49.7 Å². The Hall–Kier alpha value is -1.67. The van der Waals surface area contributed by atoms with Gasteiger partial charge in [-0.25, -0.2) is 17.9 Å². The normalized spacial score (nSPS) is 20.1. The van der Waals surface area contributed by atoms with Gasteiger partial charge in [0.15, 0.2) is 0 Å². The maximum absolute atomic E-state index is 12.5. The number of nitrogens with one attached hydrogen (secondary N) is 2. The molecule has 1 aliphatic heterocycles. The largest absolute Gasteiger partial charge is 0.330 e. The third-order valence-electron chi connectivity index (χ3n) is 3.94. The molecule has 0 spiro atoms. The van der Waals surface area contributed by atoms with E-state index in [1.807, 2.05) is 25.1 Å². The van der Waals surface area contributed by atoms with Crippen LogP contribution in [0.15, 0.2) is 24.4 Å². The summed E-state index contributed by atoms with van der Waals surface area (Å²) in [6.45, 7) is 2.77. The zero-order chi connectivity index (χ0) is 16.9. The molecule has 8 heteroatoms. The molecule has 0 saturated carbocycles. The average molecular weight is 340 g/mol. The summed E-state index contributed by atoms with van der Waals surface area (Å²) in [4.78, 5) is 18.5. The van der Waals surface area contributed by atoms with Crippen LogP contribution in [0.5, 0.6) is 0 Å². The lowest BCUT2D eigenvalue weighted by Crippen LogP contribution is -2.53. The molecule has 0 radical (unpaired) electrons. The molecule has 2 N–H and O–H groups in total. The summed E-state index contributed by atoms with van der Waals surface area (Å²) >= 11 is 0. The van der Waals surface area contributed by atoms with Gasteiger partial charge in [-0.3, -0.25) is 4.98 Å². The summed E-state index contributed by atoms with van der Waals surface area (Å²) < 4.78 is 25.0. The SMILES string of the molecule is C[C@H](NC(=O)N1CCCC[C@H]1CNS(C)(=O)=O)c1ccccn1. The van der Waals surface area contributed by atoms with Crippen LogP contribution in [0.25, 0.3) is 0 Å². The Morgan fingerprint density at radius 2 is 2.22 bits per heavy atom. The predicted octanol–water partition coefficient (Wildman–Crippen LogP) is 1.26. The zero-order valence-electron chi connectivity index (χ0n) is 13.5. The molecule has 0 bridgehead atoms. The van der Waals surface area contributed by atoms with Crippen molar-refractivity contribution in [3.63, 3.8) is 0 Å². The number of carbonyl (C=O) groups excluding carboxylic acids is 1. The van der Waals surface area contributed by atoms with Crippen molar-refractivity contribution >= 4 is 16.1 Å². The molecule has 2 amide bonds. The third kappa shape index (κ3) is 5.47. The van der Waals surface area contributed by atoms with Gasteiger partial charge in [-0.05, 0) is 38.3 Å². The predicted molar refractivity (Wildman–Crippen MR) is 88.4 cm³/mol. The maximum atomic E-state index is 12.5. The highest BCUT2D eigenvalue weighted by Gasteiger charge is 2.28. The van der Waals surface area contributed by atoms with Gasteiger partial charge in [-0.1, -0.05) is 6.07 Å². The van der Waals surface area contributed by atoms with Gasteiger partial charge in [0.2, 0.25) is 10.0 Å². The van der Waals surface area contributed by atoms with Crippen LogP contribution in [0.3, 0.4) is 0 Å². The third-order valence-corrected chi connectivity index (χ3v) is 4.63. The van der Waals surface area contributed by atoms with Crippen molar-refractivity contribution in [2.45, 2.75) is 38.3 Å². The number of amides is 2. The molecule has 1 saturated heterocycles. The van der Waals surface area contributed by atoms with Crippen molar-refractivity contribution in [3.8, 4) is 0 Å². The molecule has 23 heavy (non-hydrogen) atoms. The van der Waals surface area contributed by atoms with Gasteiger partial charge < -0.3 is 10.2 Å². The van der Waals surface area contributed by atoms with E-state index in [2.05, 4.69) is 15.0 Å². The number of sulfonamides is 1. The second-order valence-corrected chi connectivity index (χ2v) is 7.72. The minimum absolute atomic E-state index is 0.116. The van der Waals surface area contributed by atoms with Gasteiger partial charge in [-0.2, -0.15) is 0 Å². The molecule has 1 aromatic heterocycles. The number of nitrogens with zero attached hydrogens (tertiary/aromatic N) is 2. The first-order valence-electron chi connectivity index (χ1n) is 7.79. The number of piperidine rings is 1. The van der Waals surface area contributed by atoms with E-state index >= 15 is 0 Å². The Morgan fingerprint density at radius 3 is 2.87 bits per heavy atom. The molecule has 1 fully saturated rings. The Balaban J connectivity index is 1.97. The number of likely N-dealkylation sites (tertiary alicyclic amines) is 1. The van der Waals surface area contributed by atoms with Crippen molar-refractivity contribution in [1.29, 1.82) is 0 Å². The molecule has 128 valence electrons. The molecule has 0 aromatic carbocycles. The molecule has 2 rings (SSSR count). The van der Waals surface area contributed by atoms with Crippen molar-refractivity contribution in [3.05, 3.63) is 30.1 Å². The van der Waals surface area contributed by atoms with E-state index in [-0.39, 0.29) is 24.7 Å². The van der Waals surface area contributed by atoms with Gasteiger partial charge >= 0.3 is 6.03 Å². The van der Waals surface area contributed by atoms with Gasteiger partial charge in [0.1, 0.15) is 0 Å². The first-order valence-corrected chi connectivity index (χ1v) is 9.68. The van der Waals surface area contributed by atoms with Crippen LogP contribution in [0, 0.1) is 0 Å². The molecule has 1 aliphatic rings. The van der Waals surface area contributed by atoms with Crippen molar-refractivity contribution in [2.24, 2.45) is 0 Å². The first kappa shape index (κ1) is 17.7. The van der Waals surface area contributed by atoms with Crippen molar-refractivity contribution < 1.29 is 13.2 Å². The smallest absolute Gasteiger partial charge is 0.318 e. The topological polar surface area (TPSA) is 91.4 Å². The Morgan fingerprint density at radius 1 is 1.43 bits per heavy atom. The van der Waals surface area contributed by atoms with Crippen molar-refractivity contribution in [2.75, 3.05) is 19.3 Å². The van der Waals surface area contributed by atoms with Gasteiger partial charge in [0, 0.05) is 25.3 Å². The zero-order valence-corrected chi connectivity index (χ0v) is 14.3. The van der Waals surface area contributed by atoms with E-state index in [9.17, 15) is 13.2 Å². The quantitative estimate of drug-likeness (QED) is 0.844. The van der Waals surface area contributed by atoms with E-state index in [1.165, 1.54) is 0 Å². The van der Waals surface area contributed by atoms with E-state index in [0.717, 1.165) is 31.2 Å². The lowest BCUT2D eigenvalue weighted by atomic mass is 10.0. The second-order valence-electron chi connectivity index (χ2n) is 5.89. The van der Waals surface area contributed by atoms with E-state index < -0.39 is 10.0 Å². The number of pyridine rings is 1. The fourth-order valence-corrected chi connectivity index (χ4v) is 3.20. The second kappa shape index (κ2) is 7.74. The number of rotatable bonds is 5. The summed E-state index contributed by atoms with van der Waals surface area (Å²) in [5.74, 6) is 0. The van der Waals surface area contributed by atoms with Crippen LogP contribution in [0.2, 0.25) is 0 Å². The number of urea groups is 1. The van der Waals surface area contributed by atoms with Gasteiger partial charge in [-0.15, -0.1) is 0 Å².